The Bertz CT molecular complexity index is 1390. The zero-order valence-corrected chi connectivity index (χ0v) is 22.2. The first-order chi connectivity index (χ1) is 18.4. The van der Waals surface area contributed by atoms with E-state index in [-0.39, 0.29) is 17.4 Å². The maximum absolute atomic E-state index is 12.3. The Kier molecular flexibility index (Phi) is 8.51. The van der Waals surface area contributed by atoms with Gasteiger partial charge in [0.15, 0.2) is 0 Å². The zero-order chi connectivity index (χ0) is 28.2. The van der Waals surface area contributed by atoms with Crippen LogP contribution in [0.5, 0.6) is 5.75 Å². The number of halogens is 3. The number of anilines is 1. The third kappa shape index (κ3) is 7.73. The Hall–Kier alpha value is -3.57. The molecule has 1 amide bonds. The second-order valence-corrected chi connectivity index (χ2v) is 11.4. The molecule has 1 aliphatic rings. The van der Waals surface area contributed by atoms with Gasteiger partial charge < -0.3 is 10.0 Å². The molecule has 1 fully saturated rings. The van der Waals surface area contributed by atoms with Crippen molar-refractivity contribution in [1.82, 2.24) is 9.62 Å². The van der Waals surface area contributed by atoms with E-state index >= 15 is 0 Å². The van der Waals surface area contributed by atoms with Gasteiger partial charge in [0.2, 0.25) is 10.0 Å². The second-order valence-electron chi connectivity index (χ2n) is 9.53. The molecule has 1 aliphatic heterocycles. The van der Waals surface area contributed by atoms with E-state index in [1.54, 1.807) is 29.0 Å². The standard InChI is InChI=1S/C28H30F3N3O4S/c1-20(21-5-7-22(8-6-21)24-3-2-4-26(35)19-24)33-14-16-34(17-15-33)25-11-9-23(10-12-25)27(36)32-39(37,38)18-13-28(29,30)31/h2-12,19-20,35H,13-18H2,1H3,(H,32,36). The van der Waals surface area contributed by atoms with E-state index in [9.17, 15) is 31.5 Å². The van der Waals surface area contributed by atoms with Gasteiger partial charge >= 0.3 is 6.18 Å². The molecule has 208 valence electrons. The van der Waals surface area contributed by atoms with Crippen LogP contribution in [-0.2, 0) is 10.0 Å². The minimum absolute atomic E-state index is 0.0516. The number of phenols is 1. The van der Waals surface area contributed by atoms with Crippen molar-refractivity contribution in [3.63, 3.8) is 0 Å². The van der Waals surface area contributed by atoms with Gasteiger partial charge in [0.1, 0.15) is 5.75 Å². The highest BCUT2D eigenvalue weighted by Crippen LogP contribution is 2.28. The van der Waals surface area contributed by atoms with Crippen LogP contribution in [0, 0.1) is 0 Å². The fourth-order valence-electron chi connectivity index (χ4n) is 4.54. The minimum atomic E-state index is -4.63. The molecule has 1 heterocycles. The van der Waals surface area contributed by atoms with Gasteiger partial charge in [-0.05, 0) is 60.0 Å². The summed E-state index contributed by atoms with van der Waals surface area (Å²) in [6, 6.07) is 22.0. The molecule has 0 saturated carbocycles. The molecular weight excluding hydrogens is 531 g/mol. The van der Waals surface area contributed by atoms with Crippen molar-refractivity contribution in [3.8, 4) is 16.9 Å². The van der Waals surface area contributed by atoms with Gasteiger partial charge in [-0.15, -0.1) is 0 Å². The summed E-state index contributed by atoms with van der Waals surface area (Å²) in [5.74, 6) is -1.93. The molecule has 0 radical (unpaired) electrons. The first-order valence-corrected chi connectivity index (χ1v) is 14.2. The van der Waals surface area contributed by atoms with Crippen LogP contribution < -0.4 is 9.62 Å². The molecule has 3 aromatic carbocycles. The summed E-state index contributed by atoms with van der Waals surface area (Å²) in [4.78, 5) is 16.8. The lowest BCUT2D eigenvalue weighted by molar-refractivity contribution is -0.130. The average molecular weight is 562 g/mol. The largest absolute Gasteiger partial charge is 0.508 e. The maximum atomic E-state index is 12.3. The van der Waals surface area contributed by atoms with Gasteiger partial charge in [-0.3, -0.25) is 9.69 Å². The molecular formula is C28H30F3N3O4S. The maximum Gasteiger partial charge on any atom is 0.390 e. The van der Waals surface area contributed by atoms with Crippen LogP contribution in [0.4, 0.5) is 18.9 Å². The monoisotopic (exact) mass is 561 g/mol. The number of aromatic hydroxyl groups is 1. The van der Waals surface area contributed by atoms with Crippen LogP contribution in [0.25, 0.3) is 11.1 Å². The first-order valence-electron chi connectivity index (χ1n) is 12.5. The number of phenolic OH excluding ortho intramolecular Hbond substituents is 1. The van der Waals surface area contributed by atoms with E-state index in [4.69, 9.17) is 0 Å². The lowest BCUT2D eigenvalue weighted by Crippen LogP contribution is -2.47. The van der Waals surface area contributed by atoms with Crippen molar-refractivity contribution >= 4 is 21.6 Å². The summed E-state index contributed by atoms with van der Waals surface area (Å²) in [7, 11) is -4.39. The summed E-state index contributed by atoms with van der Waals surface area (Å²) < 4.78 is 62.2. The Morgan fingerprint density at radius 3 is 2.18 bits per heavy atom. The molecule has 4 rings (SSSR count). The fourth-order valence-corrected chi connectivity index (χ4v) is 5.55. The molecule has 1 atom stereocenters. The van der Waals surface area contributed by atoms with E-state index in [2.05, 4.69) is 41.0 Å². The number of hydrogen-bond acceptors (Lipinski definition) is 6. The number of benzene rings is 3. The molecule has 39 heavy (non-hydrogen) atoms. The first kappa shape index (κ1) is 28.4. The third-order valence-electron chi connectivity index (χ3n) is 6.83. The smallest absolute Gasteiger partial charge is 0.390 e. The summed E-state index contributed by atoms with van der Waals surface area (Å²) >= 11 is 0. The number of carbonyl (C=O) groups is 1. The van der Waals surface area contributed by atoms with Crippen LogP contribution in [0.2, 0.25) is 0 Å². The summed E-state index contributed by atoms with van der Waals surface area (Å²) in [6.45, 7) is 5.30. The minimum Gasteiger partial charge on any atom is -0.508 e. The van der Waals surface area contributed by atoms with Crippen molar-refractivity contribution in [2.45, 2.75) is 25.6 Å². The topological polar surface area (TPSA) is 89.9 Å². The zero-order valence-electron chi connectivity index (χ0n) is 21.4. The molecule has 3 aromatic rings. The molecule has 0 bridgehead atoms. The van der Waals surface area contributed by atoms with Crippen LogP contribution >= 0.6 is 0 Å². The van der Waals surface area contributed by atoms with Gasteiger partial charge in [0.05, 0.1) is 12.2 Å². The van der Waals surface area contributed by atoms with Crippen molar-refractivity contribution in [2.75, 3.05) is 36.8 Å². The fraction of sp³-hybridized carbons (Fsp3) is 0.321. The third-order valence-corrected chi connectivity index (χ3v) is 8.07. The van der Waals surface area contributed by atoms with Crippen LogP contribution in [0.15, 0.2) is 72.8 Å². The van der Waals surface area contributed by atoms with E-state index in [0.717, 1.165) is 43.0 Å². The van der Waals surface area contributed by atoms with Gasteiger partial charge in [-0.2, -0.15) is 13.2 Å². The van der Waals surface area contributed by atoms with E-state index in [1.807, 2.05) is 12.1 Å². The van der Waals surface area contributed by atoms with Gasteiger partial charge in [0, 0.05) is 43.5 Å². The lowest BCUT2D eigenvalue weighted by atomic mass is 10.00. The summed E-state index contributed by atoms with van der Waals surface area (Å²) in [5.41, 5.74) is 4.09. The quantitative estimate of drug-likeness (QED) is 0.405. The second kappa shape index (κ2) is 11.7. The molecule has 11 heteroatoms. The number of hydrogen-bond donors (Lipinski definition) is 2. The molecule has 0 spiro atoms. The average Bonchev–Trinajstić information content (AvgIpc) is 2.91. The van der Waals surface area contributed by atoms with Crippen LogP contribution in [0.1, 0.15) is 35.3 Å². The van der Waals surface area contributed by atoms with Gasteiger partial charge in [-0.25, -0.2) is 13.1 Å². The Balaban J connectivity index is 1.30. The predicted octanol–water partition coefficient (Wildman–Crippen LogP) is 4.95. The lowest BCUT2D eigenvalue weighted by Gasteiger charge is -2.39. The molecule has 1 unspecified atom stereocenters. The number of piperazine rings is 1. The SMILES string of the molecule is CC(c1ccc(-c2cccc(O)c2)cc1)N1CCN(c2ccc(C(=O)NS(=O)(=O)CCC(F)(F)F)cc2)CC1. The highest BCUT2D eigenvalue weighted by atomic mass is 32.2. The number of rotatable bonds is 8. The highest BCUT2D eigenvalue weighted by Gasteiger charge is 2.30. The molecule has 7 nitrogen and oxygen atoms in total. The van der Waals surface area contributed by atoms with Crippen molar-refractivity contribution in [1.29, 1.82) is 0 Å². The number of carbonyl (C=O) groups excluding carboxylic acids is 1. The predicted molar refractivity (Wildman–Crippen MR) is 144 cm³/mol. The number of alkyl halides is 3. The van der Waals surface area contributed by atoms with Crippen molar-refractivity contribution in [2.24, 2.45) is 0 Å². The van der Waals surface area contributed by atoms with E-state index in [1.165, 1.54) is 17.7 Å². The normalized spacial score (nSPS) is 15.6. The van der Waals surface area contributed by atoms with Crippen LogP contribution in [-0.4, -0.2) is 62.4 Å². The van der Waals surface area contributed by atoms with Gasteiger partial charge in [-0.1, -0.05) is 36.4 Å². The molecule has 0 aliphatic carbocycles. The number of nitrogens with one attached hydrogen (secondary N) is 1. The molecule has 0 aromatic heterocycles. The molecule has 1 saturated heterocycles. The Labute approximate surface area is 225 Å². The summed E-state index contributed by atoms with van der Waals surface area (Å²) in [6.07, 6.45) is -6.15. The van der Waals surface area contributed by atoms with Gasteiger partial charge in [0.25, 0.3) is 5.91 Å². The van der Waals surface area contributed by atoms with E-state index in [0.29, 0.717) is 0 Å². The Morgan fingerprint density at radius 1 is 0.949 bits per heavy atom. The number of sulfonamides is 1. The molecule has 2 N–H and O–H groups in total. The Morgan fingerprint density at radius 2 is 1.59 bits per heavy atom. The summed E-state index contributed by atoms with van der Waals surface area (Å²) in [5, 5.41) is 9.73. The highest BCUT2D eigenvalue weighted by molar-refractivity contribution is 7.90. The number of amides is 1. The van der Waals surface area contributed by atoms with E-state index < -0.39 is 34.3 Å². The number of nitrogens with zero attached hydrogens (tertiary/aromatic N) is 2. The van der Waals surface area contributed by atoms with Crippen molar-refractivity contribution < 1.29 is 31.5 Å². The van der Waals surface area contributed by atoms with Crippen LogP contribution in [0.3, 0.4) is 0 Å². The van der Waals surface area contributed by atoms with Crippen molar-refractivity contribution in [3.05, 3.63) is 83.9 Å².